The first-order chi connectivity index (χ1) is 8.31. The van der Waals surface area contributed by atoms with Gasteiger partial charge in [-0.1, -0.05) is 13.0 Å². The molecule has 0 fully saturated rings. The Hall–Kier alpha value is -1.14. The fraction of sp³-hybridized carbons (Fsp3) is 0.500. The highest BCUT2D eigenvalue weighted by molar-refractivity contribution is 5.29. The molecule has 2 atom stereocenters. The Labute approximate surface area is 102 Å². The lowest BCUT2D eigenvalue weighted by Gasteiger charge is -2.21. The van der Waals surface area contributed by atoms with E-state index in [1.165, 1.54) is 0 Å². The zero-order valence-electron chi connectivity index (χ0n) is 9.84. The predicted octanol–water partition coefficient (Wildman–Crippen LogP) is 2.86. The standard InChI is InChI=1S/C12H15F4NO/c1-2-7(6-17)11(18)8-3-4-10(13)9(5-8)12(14,15)16/h3-5,7,11,18H,2,6,17H2,1H3. The van der Waals surface area contributed by atoms with Crippen LogP contribution in [0.15, 0.2) is 18.2 Å². The van der Waals surface area contributed by atoms with E-state index in [0.717, 1.165) is 6.07 Å². The van der Waals surface area contributed by atoms with Crippen molar-refractivity contribution >= 4 is 0 Å². The van der Waals surface area contributed by atoms with Crippen LogP contribution in [-0.4, -0.2) is 11.7 Å². The van der Waals surface area contributed by atoms with E-state index in [1.807, 2.05) is 0 Å². The van der Waals surface area contributed by atoms with Crippen molar-refractivity contribution in [1.82, 2.24) is 0 Å². The van der Waals surface area contributed by atoms with E-state index in [1.54, 1.807) is 6.92 Å². The van der Waals surface area contributed by atoms with E-state index in [0.29, 0.717) is 18.6 Å². The maximum atomic E-state index is 13.1. The number of aliphatic hydroxyl groups excluding tert-OH is 1. The first-order valence-electron chi connectivity index (χ1n) is 5.56. The molecule has 18 heavy (non-hydrogen) atoms. The van der Waals surface area contributed by atoms with E-state index in [2.05, 4.69) is 0 Å². The maximum Gasteiger partial charge on any atom is 0.419 e. The molecule has 3 N–H and O–H groups in total. The summed E-state index contributed by atoms with van der Waals surface area (Å²) in [5, 5.41) is 9.89. The molecule has 0 heterocycles. The van der Waals surface area contributed by atoms with Gasteiger partial charge >= 0.3 is 6.18 Å². The van der Waals surface area contributed by atoms with Gasteiger partial charge in [-0.05, 0) is 30.7 Å². The van der Waals surface area contributed by atoms with Gasteiger partial charge in [0, 0.05) is 5.92 Å². The minimum absolute atomic E-state index is 0.0287. The minimum atomic E-state index is -4.77. The summed E-state index contributed by atoms with van der Waals surface area (Å²) in [5.74, 6) is -1.70. The minimum Gasteiger partial charge on any atom is -0.388 e. The lowest BCUT2D eigenvalue weighted by molar-refractivity contribution is -0.140. The molecule has 0 spiro atoms. The van der Waals surface area contributed by atoms with E-state index in [-0.39, 0.29) is 18.0 Å². The number of rotatable bonds is 4. The van der Waals surface area contributed by atoms with Gasteiger partial charge in [0.05, 0.1) is 11.7 Å². The molecule has 1 aromatic carbocycles. The zero-order valence-corrected chi connectivity index (χ0v) is 9.84. The summed E-state index contributed by atoms with van der Waals surface area (Å²) < 4.78 is 50.6. The van der Waals surface area contributed by atoms with Crippen molar-refractivity contribution in [3.05, 3.63) is 35.1 Å². The van der Waals surface area contributed by atoms with Gasteiger partial charge in [-0.3, -0.25) is 0 Å². The first kappa shape index (κ1) is 14.9. The highest BCUT2D eigenvalue weighted by Crippen LogP contribution is 2.34. The molecule has 2 nitrogen and oxygen atoms in total. The van der Waals surface area contributed by atoms with Crippen LogP contribution < -0.4 is 5.73 Å². The molecule has 2 unspecified atom stereocenters. The first-order valence-corrected chi connectivity index (χ1v) is 5.56. The third-order valence-corrected chi connectivity index (χ3v) is 2.91. The zero-order chi connectivity index (χ0) is 13.9. The van der Waals surface area contributed by atoms with Gasteiger partial charge in [-0.15, -0.1) is 0 Å². The highest BCUT2D eigenvalue weighted by Gasteiger charge is 2.35. The summed E-state index contributed by atoms with van der Waals surface area (Å²) in [4.78, 5) is 0. The van der Waals surface area contributed by atoms with Gasteiger partial charge in [-0.2, -0.15) is 13.2 Å². The Kier molecular flexibility index (Phi) is 4.70. The number of benzene rings is 1. The smallest absolute Gasteiger partial charge is 0.388 e. The number of aliphatic hydroxyl groups is 1. The maximum absolute atomic E-state index is 13.1. The fourth-order valence-electron chi connectivity index (χ4n) is 1.74. The van der Waals surface area contributed by atoms with E-state index in [4.69, 9.17) is 5.73 Å². The van der Waals surface area contributed by atoms with Crippen molar-refractivity contribution in [1.29, 1.82) is 0 Å². The quantitative estimate of drug-likeness (QED) is 0.822. The van der Waals surface area contributed by atoms with E-state index < -0.39 is 23.7 Å². The van der Waals surface area contributed by atoms with Crippen LogP contribution in [0.4, 0.5) is 17.6 Å². The second-order valence-corrected chi connectivity index (χ2v) is 4.09. The van der Waals surface area contributed by atoms with Crippen LogP contribution in [-0.2, 0) is 6.18 Å². The molecule has 0 radical (unpaired) electrons. The Morgan fingerprint density at radius 1 is 1.33 bits per heavy atom. The molecule has 0 aliphatic heterocycles. The molecule has 0 amide bonds. The van der Waals surface area contributed by atoms with Gasteiger partial charge in [0.15, 0.2) is 0 Å². The number of nitrogens with two attached hydrogens (primary N) is 1. The average Bonchev–Trinajstić information content (AvgIpc) is 2.29. The SMILES string of the molecule is CCC(CN)C(O)c1ccc(F)c(C(F)(F)F)c1. The monoisotopic (exact) mass is 265 g/mol. The lowest BCUT2D eigenvalue weighted by Crippen LogP contribution is -2.22. The van der Waals surface area contributed by atoms with Crippen LogP contribution in [0.3, 0.4) is 0 Å². The summed E-state index contributed by atoms with van der Waals surface area (Å²) >= 11 is 0. The molecule has 1 aromatic rings. The van der Waals surface area contributed by atoms with E-state index >= 15 is 0 Å². The normalized spacial score (nSPS) is 15.5. The molecule has 0 aromatic heterocycles. The summed E-state index contributed by atoms with van der Waals surface area (Å²) in [6, 6.07) is 2.50. The van der Waals surface area contributed by atoms with Crippen LogP contribution in [0.2, 0.25) is 0 Å². The third-order valence-electron chi connectivity index (χ3n) is 2.91. The second-order valence-electron chi connectivity index (χ2n) is 4.09. The van der Waals surface area contributed by atoms with Crippen LogP contribution in [0, 0.1) is 11.7 Å². The molecule has 0 saturated carbocycles. The number of halogens is 4. The molecule has 6 heteroatoms. The lowest BCUT2D eigenvalue weighted by atomic mass is 9.92. The van der Waals surface area contributed by atoms with Crippen molar-refractivity contribution in [2.75, 3.05) is 6.54 Å². The van der Waals surface area contributed by atoms with Crippen molar-refractivity contribution in [3.8, 4) is 0 Å². The van der Waals surface area contributed by atoms with Crippen molar-refractivity contribution in [3.63, 3.8) is 0 Å². The summed E-state index contributed by atoms with van der Waals surface area (Å²) in [6.07, 6.45) is -5.37. The van der Waals surface area contributed by atoms with Crippen LogP contribution in [0.25, 0.3) is 0 Å². The predicted molar refractivity (Wildman–Crippen MR) is 59.2 cm³/mol. The molecule has 0 aliphatic carbocycles. The van der Waals surface area contributed by atoms with Gasteiger partial charge < -0.3 is 10.8 Å². The molecule has 0 bridgehead atoms. The molecular weight excluding hydrogens is 250 g/mol. The number of hydrogen-bond donors (Lipinski definition) is 2. The largest absolute Gasteiger partial charge is 0.419 e. The van der Waals surface area contributed by atoms with Crippen molar-refractivity contribution < 1.29 is 22.7 Å². The van der Waals surface area contributed by atoms with Crippen LogP contribution in [0.1, 0.15) is 30.6 Å². The Balaban J connectivity index is 3.12. The van der Waals surface area contributed by atoms with Crippen LogP contribution >= 0.6 is 0 Å². The molecular formula is C12H15F4NO. The fourth-order valence-corrected chi connectivity index (χ4v) is 1.74. The molecule has 0 aliphatic rings. The average molecular weight is 265 g/mol. The summed E-state index contributed by atoms with van der Waals surface area (Å²) in [7, 11) is 0. The molecule has 0 saturated heterocycles. The second kappa shape index (κ2) is 5.67. The summed E-state index contributed by atoms with van der Waals surface area (Å²) in [5.41, 5.74) is 4.08. The number of hydrogen-bond acceptors (Lipinski definition) is 2. The van der Waals surface area contributed by atoms with Gasteiger partial charge in [-0.25, -0.2) is 4.39 Å². The molecule has 102 valence electrons. The number of alkyl halides is 3. The summed E-state index contributed by atoms with van der Waals surface area (Å²) in [6.45, 7) is 1.92. The van der Waals surface area contributed by atoms with Crippen molar-refractivity contribution in [2.45, 2.75) is 25.6 Å². The Bertz CT molecular complexity index is 402. The van der Waals surface area contributed by atoms with Crippen LogP contribution in [0.5, 0.6) is 0 Å². The topological polar surface area (TPSA) is 46.2 Å². The Morgan fingerprint density at radius 3 is 2.39 bits per heavy atom. The van der Waals surface area contributed by atoms with Gasteiger partial charge in [0.2, 0.25) is 0 Å². The Morgan fingerprint density at radius 2 is 1.94 bits per heavy atom. The van der Waals surface area contributed by atoms with Gasteiger partial charge in [0.1, 0.15) is 5.82 Å². The molecule has 1 rings (SSSR count). The third kappa shape index (κ3) is 3.20. The van der Waals surface area contributed by atoms with E-state index in [9.17, 15) is 22.7 Å². The highest BCUT2D eigenvalue weighted by atomic mass is 19.4. The van der Waals surface area contributed by atoms with Gasteiger partial charge in [0.25, 0.3) is 0 Å². The van der Waals surface area contributed by atoms with Crippen molar-refractivity contribution in [2.24, 2.45) is 11.7 Å².